The smallest absolute Gasteiger partial charge is 0.233 e. The molecule has 4 aromatic rings. The number of anilines is 1. The number of nitrogens with zero attached hydrogens (tertiary/aromatic N) is 3. The minimum absolute atomic E-state index is 0.0626. The van der Waals surface area contributed by atoms with E-state index in [1.165, 1.54) is 11.3 Å². The number of amides is 1. The number of hydrogen-bond donors (Lipinski definition) is 1. The molecule has 0 saturated carbocycles. The van der Waals surface area contributed by atoms with Gasteiger partial charge in [-0.3, -0.25) is 4.79 Å². The van der Waals surface area contributed by atoms with Crippen LogP contribution in [0.5, 0.6) is 11.5 Å². The molecule has 0 spiro atoms. The van der Waals surface area contributed by atoms with Gasteiger partial charge in [0.2, 0.25) is 17.8 Å². The average molecular weight is 447 g/mol. The Balaban J connectivity index is 1.41. The average Bonchev–Trinajstić information content (AvgIpc) is 3.54. The monoisotopic (exact) mass is 446 g/mol. The molecule has 5 rings (SSSR count). The fraction of sp³-hybridized carbons (Fsp3) is 0.208. The van der Waals surface area contributed by atoms with E-state index >= 15 is 0 Å². The lowest BCUT2D eigenvalue weighted by Gasteiger charge is -2.15. The molecule has 0 radical (unpaired) electrons. The van der Waals surface area contributed by atoms with E-state index in [9.17, 15) is 4.79 Å². The summed E-state index contributed by atoms with van der Waals surface area (Å²) >= 11 is 1.46. The predicted molar refractivity (Wildman–Crippen MR) is 124 cm³/mol. The van der Waals surface area contributed by atoms with E-state index < -0.39 is 0 Å². The lowest BCUT2D eigenvalue weighted by atomic mass is 9.96. The Morgan fingerprint density at radius 1 is 1.16 bits per heavy atom. The van der Waals surface area contributed by atoms with Crippen LogP contribution in [0.1, 0.15) is 30.5 Å². The fourth-order valence-corrected chi connectivity index (χ4v) is 4.55. The molecule has 0 bridgehead atoms. The van der Waals surface area contributed by atoms with E-state index in [0.717, 1.165) is 28.3 Å². The number of carbonyl (C=O) groups is 1. The number of rotatable bonds is 6. The van der Waals surface area contributed by atoms with Gasteiger partial charge in [-0.1, -0.05) is 37.3 Å². The van der Waals surface area contributed by atoms with Crippen molar-refractivity contribution < 1.29 is 14.3 Å². The van der Waals surface area contributed by atoms with Crippen molar-refractivity contribution in [3.8, 4) is 27.9 Å². The second-order valence-electron chi connectivity index (χ2n) is 7.53. The van der Waals surface area contributed by atoms with Gasteiger partial charge in [-0.15, -0.1) is 11.3 Å². The van der Waals surface area contributed by atoms with Crippen LogP contribution < -0.4 is 14.8 Å². The molecule has 2 aromatic carbocycles. The lowest BCUT2D eigenvalue weighted by Crippen LogP contribution is -2.22. The van der Waals surface area contributed by atoms with Crippen molar-refractivity contribution >= 4 is 23.1 Å². The van der Waals surface area contributed by atoms with Gasteiger partial charge in [0.25, 0.3) is 0 Å². The van der Waals surface area contributed by atoms with Crippen LogP contribution >= 0.6 is 11.3 Å². The largest absolute Gasteiger partial charge is 0.454 e. The maximum Gasteiger partial charge on any atom is 0.233 e. The van der Waals surface area contributed by atoms with Gasteiger partial charge in [-0.05, 0) is 37.1 Å². The first-order valence-corrected chi connectivity index (χ1v) is 11.3. The Labute approximate surface area is 189 Å². The quantitative estimate of drug-likeness (QED) is 0.442. The summed E-state index contributed by atoms with van der Waals surface area (Å²) in [5.41, 5.74) is 3.54. The van der Waals surface area contributed by atoms with E-state index in [4.69, 9.17) is 14.5 Å². The topological polar surface area (TPSA) is 78.3 Å². The standard InChI is InChI=1S/C24H22N4O3S/c1-3-18(16-7-5-4-6-8-16)23(29)26-22-11-15(2)27-28(22)24-25-19(13-32-24)17-9-10-20-21(12-17)31-14-30-20/h4-13,18H,3,14H2,1-2H3,(H,26,29). The Hall–Kier alpha value is -3.65. The summed E-state index contributed by atoms with van der Waals surface area (Å²) in [6, 6.07) is 17.4. The molecule has 162 valence electrons. The summed E-state index contributed by atoms with van der Waals surface area (Å²) in [6.07, 6.45) is 0.703. The molecule has 0 fully saturated rings. The molecule has 32 heavy (non-hydrogen) atoms. The van der Waals surface area contributed by atoms with Gasteiger partial charge in [0.05, 0.1) is 17.3 Å². The summed E-state index contributed by atoms with van der Waals surface area (Å²) in [7, 11) is 0. The molecule has 0 aliphatic carbocycles. The van der Waals surface area contributed by atoms with Crippen molar-refractivity contribution in [3.05, 3.63) is 71.2 Å². The number of aromatic nitrogens is 3. The molecular weight excluding hydrogens is 424 g/mol. The highest BCUT2D eigenvalue weighted by Gasteiger charge is 2.22. The zero-order valence-corrected chi connectivity index (χ0v) is 18.6. The van der Waals surface area contributed by atoms with Crippen LogP contribution in [0.3, 0.4) is 0 Å². The Morgan fingerprint density at radius 3 is 2.78 bits per heavy atom. The van der Waals surface area contributed by atoms with Gasteiger partial charge in [0, 0.05) is 17.0 Å². The third kappa shape index (κ3) is 3.85. The van der Waals surface area contributed by atoms with Crippen LogP contribution in [0.15, 0.2) is 60.0 Å². The minimum Gasteiger partial charge on any atom is -0.454 e. The van der Waals surface area contributed by atoms with Crippen LogP contribution in [-0.4, -0.2) is 27.5 Å². The molecule has 1 N–H and O–H groups in total. The van der Waals surface area contributed by atoms with Gasteiger partial charge >= 0.3 is 0 Å². The molecule has 7 nitrogen and oxygen atoms in total. The van der Waals surface area contributed by atoms with Crippen molar-refractivity contribution in [2.75, 3.05) is 12.1 Å². The van der Waals surface area contributed by atoms with Crippen molar-refractivity contribution in [1.82, 2.24) is 14.8 Å². The number of hydrogen-bond acceptors (Lipinski definition) is 6. The molecule has 1 aliphatic heterocycles. The molecule has 1 atom stereocenters. The number of carbonyl (C=O) groups excluding carboxylic acids is 1. The Morgan fingerprint density at radius 2 is 1.97 bits per heavy atom. The zero-order valence-electron chi connectivity index (χ0n) is 17.7. The molecule has 1 aliphatic rings. The van der Waals surface area contributed by atoms with Gasteiger partial charge < -0.3 is 14.8 Å². The first-order valence-electron chi connectivity index (χ1n) is 10.4. The van der Waals surface area contributed by atoms with E-state index in [0.29, 0.717) is 23.1 Å². The SMILES string of the molecule is CCC(C(=O)Nc1cc(C)nn1-c1nc(-c2ccc3c(c2)OCO3)cs1)c1ccccc1. The van der Waals surface area contributed by atoms with Crippen molar-refractivity contribution in [3.63, 3.8) is 0 Å². The predicted octanol–water partition coefficient (Wildman–Crippen LogP) is 5.17. The fourth-order valence-electron chi connectivity index (χ4n) is 3.76. The first kappa shape index (κ1) is 20.3. The van der Waals surface area contributed by atoms with E-state index in [1.54, 1.807) is 4.68 Å². The number of benzene rings is 2. The number of ether oxygens (including phenoxy) is 2. The van der Waals surface area contributed by atoms with E-state index in [-0.39, 0.29) is 18.6 Å². The second-order valence-corrected chi connectivity index (χ2v) is 8.36. The zero-order chi connectivity index (χ0) is 22.1. The summed E-state index contributed by atoms with van der Waals surface area (Å²) in [5, 5.41) is 10.3. The highest BCUT2D eigenvalue weighted by molar-refractivity contribution is 7.12. The van der Waals surface area contributed by atoms with E-state index in [1.807, 2.05) is 73.8 Å². The van der Waals surface area contributed by atoms with Crippen LogP contribution in [0.2, 0.25) is 0 Å². The maximum absolute atomic E-state index is 13.1. The summed E-state index contributed by atoms with van der Waals surface area (Å²) in [5.74, 6) is 1.76. The molecule has 1 amide bonds. The normalized spacial score (nSPS) is 13.2. The van der Waals surface area contributed by atoms with E-state index in [2.05, 4.69) is 10.4 Å². The molecular formula is C24H22N4O3S. The molecule has 3 heterocycles. The minimum atomic E-state index is -0.236. The van der Waals surface area contributed by atoms with Crippen molar-refractivity contribution in [2.24, 2.45) is 0 Å². The third-order valence-electron chi connectivity index (χ3n) is 5.35. The molecule has 2 aromatic heterocycles. The molecule has 1 unspecified atom stereocenters. The lowest BCUT2D eigenvalue weighted by molar-refractivity contribution is -0.117. The number of nitrogens with one attached hydrogen (secondary N) is 1. The van der Waals surface area contributed by atoms with Crippen LogP contribution in [0, 0.1) is 6.92 Å². The van der Waals surface area contributed by atoms with Crippen molar-refractivity contribution in [1.29, 1.82) is 0 Å². The van der Waals surface area contributed by atoms with Crippen LogP contribution in [0.4, 0.5) is 5.82 Å². The Bertz CT molecular complexity index is 1270. The number of fused-ring (bicyclic) bond motifs is 1. The Kier molecular flexibility index (Phi) is 5.36. The van der Waals surface area contributed by atoms with Gasteiger partial charge in [0.15, 0.2) is 11.5 Å². The van der Waals surface area contributed by atoms with Gasteiger partial charge in [-0.2, -0.15) is 9.78 Å². The highest BCUT2D eigenvalue weighted by atomic mass is 32.1. The summed E-state index contributed by atoms with van der Waals surface area (Å²) < 4.78 is 12.5. The summed E-state index contributed by atoms with van der Waals surface area (Å²) in [4.78, 5) is 17.8. The van der Waals surface area contributed by atoms with Gasteiger partial charge in [0.1, 0.15) is 5.82 Å². The van der Waals surface area contributed by atoms with Gasteiger partial charge in [-0.25, -0.2) is 4.98 Å². The maximum atomic E-state index is 13.1. The van der Waals surface area contributed by atoms with Crippen molar-refractivity contribution in [2.45, 2.75) is 26.2 Å². The number of aryl methyl sites for hydroxylation is 1. The second kappa shape index (κ2) is 8.47. The summed E-state index contributed by atoms with van der Waals surface area (Å²) in [6.45, 7) is 4.14. The van der Waals surface area contributed by atoms with Crippen LogP contribution in [-0.2, 0) is 4.79 Å². The molecule has 0 saturated heterocycles. The van der Waals surface area contributed by atoms with Crippen LogP contribution in [0.25, 0.3) is 16.4 Å². The number of thiazole rings is 1. The molecule has 8 heteroatoms. The third-order valence-corrected chi connectivity index (χ3v) is 6.17. The highest BCUT2D eigenvalue weighted by Crippen LogP contribution is 2.36. The first-order chi connectivity index (χ1) is 15.6.